The van der Waals surface area contributed by atoms with Gasteiger partial charge in [0.2, 0.25) is 0 Å². The molecule has 0 radical (unpaired) electrons. The zero-order valence-electron chi connectivity index (χ0n) is 13.8. The lowest BCUT2D eigenvalue weighted by Crippen LogP contribution is -2.29. The van der Waals surface area contributed by atoms with Crippen molar-refractivity contribution >= 4 is 22.7 Å². The fourth-order valence-corrected chi connectivity index (χ4v) is 2.34. The van der Waals surface area contributed by atoms with E-state index in [-0.39, 0.29) is 30.1 Å². The third-order valence-electron chi connectivity index (χ3n) is 3.67. The standard InChI is InChI=1S/C18H14F3N3O3/c19-18(20,21)11-5-6-16(24-10-11)22-7-8-23-17(26)15-9-13(25)12-3-1-2-4-14(12)27-15/h1-6,9-10H,7-8H2,(H,22,24)(H,23,26). The highest BCUT2D eigenvalue weighted by Gasteiger charge is 2.30. The second-order valence-electron chi connectivity index (χ2n) is 5.58. The monoisotopic (exact) mass is 377 g/mol. The van der Waals surface area contributed by atoms with Crippen molar-refractivity contribution in [3.05, 3.63) is 70.2 Å². The summed E-state index contributed by atoms with van der Waals surface area (Å²) in [6, 6.07) is 9.80. The summed E-state index contributed by atoms with van der Waals surface area (Å²) in [4.78, 5) is 27.7. The lowest BCUT2D eigenvalue weighted by molar-refractivity contribution is -0.137. The summed E-state index contributed by atoms with van der Waals surface area (Å²) in [7, 11) is 0. The Morgan fingerprint density at radius 2 is 1.89 bits per heavy atom. The normalized spacial score (nSPS) is 11.4. The van der Waals surface area contributed by atoms with Gasteiger partial charge in [0.05, 0.1) is 10.9 Å². The molecule has 0 bridgehead atoms. The molecule has 1 amide bonds. The molecule has 0 aliphatic heterocycles. The van der Waals surface area contributed by atoms with E-state index in [9.17, 15) is 22.8 Å². The number of amides is 1. The first-order valence-electron chi connectivity index (χ1n) is 7.93. The van der Waals surface area contributed by atoms with Crippen molar-refractivity contribution in [2.45, 2.75) is 6.18 Å². The number of hydrogen-bond acceptors (Lipinski definition) is 5. The molecule has 27 heavy (non-hydrogen) atoms. The van der Waals surface area contributed by atoms with Gasteiger partial charge < -0.3 is 15.1 Å². The Morgan fingerprint density at radius 3 is 2.59 bits per heavy atom. The van der Waals surface area contributed by atoms with Crippen molar-refractivity contribution in [3.8, 4) is 0 Å². The molecule has 2 N–H and O–H groups in total. The molecule has 2 aromatic heterocycles. The summed E-state index contributed by atoms with van der Waals surface area (Å²) in [5.74, 6) is -0.444. The van der Waals surface area contributed by atoms with Crippen LogP contribution in [-0.2, 0) is 6.18 Å². The first kappa shape index (κ1) is 18.4. The number of alkyl halides is 3. The van der Waals surface area contributed by atoms with Crippen LogP contribution in [0.2, 0.25) is 0 Å². The second kappa shape index (κ2) is 7.48. The maximum Gasteiger partial charge on any atom is 0.417 e. The number of benzene rings is 1. The summed E-state index contributed by atoms with van der Waals surface area (Å²) in [5, 5.41) is 5.72. The molecule has 6 nitrogen and oxygen atoms in total. The third-order valence-corrected chi connectivity index (χ3v) is 3.67. The summed E-state index contributed by atoms with van der Waals surface area (Å²) in [5.41, 5.74) is -0.857. The lowest BCUT2D eigenvalue weighted by Gasteiger charge is -2.09. The van der Waals surface area contributed by atoms with Gasteiger partial charge in [-0.15, -0.1) is 0 Å². The van der Waals surface area contributed by atoms with Crippen LogP contribution in [0, 0.1) is 0 Å². The molecule has 9 heteroatoms. The van der Waals surface area contributed by atoms with Gasteiger partial charge in [-0.25, -0.2) is 4.98 Å². The van der Waals surface area contributed by atoms with Crippen molar-refractivity contribution in [1.29, 1.82) is 0 Å². The molecular weight excluding hydrogens is 363 g/mol. The van der Waals surface area contributed by atoms with E-state index in [1.807, 2.05) is 0 Å². The summed E-state index contributed by atoms with van der Waals surface area (Å²) in [6.45, 7) is 0.375. The number of carbonyl (C=O) groups is 1. The van der Waals surface area contributed by atoms with E-state index in [2.05, 4.69) is 15.6 Å². The highest BCUT2D eigenvalue weighted by Crippen LogP contribution is 2.28. The number of para-hydroxylation sites is 1. The van der Waals surface area contributed by atoms with Crippen molar-refractivity contribution in [3.63, 3.8) is 0 Å². The van der Waals surface area contributed by atoms with Crippen LogP contribution < -0.4 is 16.1 Å². The number of nitrogens with zero attached hydrogens (tertiary/aromatic N) is 1. The van der Waals surface area contributed by atoms with Crippen molar-refractivity contribution < 1.29 is 22.4 Å². The molecule has 0 aliphatic rings. The van der Waals surface area contributed by atoms with Crippen LogP contribution in [0.4, 0.5) is 19.0 Å². The topological polar surface area (TPSA) is 84.2 Å². The number of anilines is 1. The van der Waals surface area contributed by atoms with Gasteiger partial charge in [-0.2, -0.15) is 13.2 Å². The number of nitrogens with one attached hydrogen (secondary N) is 2. The Labute approximate surface area is 151 Å². The van der Waals surface area contributed by atoms with Crippen LogP contribution in [0.5, 0.6) is 0 Å². The second-order valence-corrected chi connectivity index (χ2v) is 5.58. The highest BCUT2D eigenvalue weighted by atomic mass is 19.4. The highest BCUT2D eigenvalue weighted by molar-refractivity contribution is 5.93. The lowest BCUT2D eigenvalue weighted by atomic mass is 10.2. The third kappa shape index (κ3) is 4.43. The maximum absolute atomic E-state index is 12.5. The van der Waals surface area contributed by atoms with Crippen LogP contribution >= 0.6 is 0 Å². The molecule has 1 aromatic carbocycles. The minimum absolute atomic E-state index is 0.119. The molecular formula is C18H14F3N3O3. The number of halogens is 3. The zero-order chi connectivity index (χ0) is 19.4. The Bertz CT molecular complexity index is 1010. The predicted molar refractivity (Wildman–Crippen MR) is 92.5 cm³/mol. The number of pyridine rings is 1. The molecule has 0 atom stereocenters. The summed E-state index contributed by atoms with van der Waals surface area (Å²) >= 11 is 0. The van der Waals surface area contributed by atoms with Crippen molar-refractivity contribution in [1.82, 2.24) is 10.3 Å². The quantitative estimate of drug-likeness (QED) is 0.668. The molecule has 2 heterocycles. The van der Waals surface area contributed by atoms with Crippen LogP contribution in [0.3, 0.4) is 0 Å². The molecule has 3 rings (SSSR count). The van der Waals surface area contributed by atoms with Crippen LogP contribution in [0.25, 0.3) is 11.0 Å². The van der Waals surface area contributed by atoms with Gasteiger partial charge in [-0.1, -0.05) is 12.1 Å². The maximum atomic E-state index is 12.5. The van der Waals surface area contributed by atoms with E-state index in [1.54, 1.807) is 24.3 Å². The summed E-state index contributed by atoms with van der Waals surface area (Å²) in [6.07, 6.45) is -3.71. The minimum atomic E-state index is -4.44. The van der Waals surface area contributed by atoms with E-state index < -0.39 is 17.6 Å². The molecule has 0 saturated heterocycles. The van der Waals surface area contributed by atoms with Gasteiger partial charge in [0, 0.05) is 25.4 Å². The van der Waals surface area contributed by atoms with Gasteiger partial charge in [-0.05, 0) is 24.3 Å². The van der Waals surface area contributed by atoms with E-state index in [0.717, 1.165) is 18.3 Å². The van der Waals surface area contributed by atoms with E-state index in [0.29, 0.717) is 11.0 Å². The fourth-order valence-electron chi connectivity index (χ4n) is 2.34. The molecule has 0 aliphatic carbocycles. The average Bonchev–Trinajstić information content (AvgIpc) is 2.64. The van der Waals surface area contributed by atoms with E-state index in [4.69, 9.17) is 4.42 Å². The van der Waals surface area contributed by atoms with Gasteiger partial charge in [0.25, 0.3) is 5.91 Å². The van der Waals surface area contributed by atoms with Crippen LogP contribution in [-0.4, -0.2) is 24.0 Å². The number of fused-ring (bicyclic) bond motifs is 1. The van der Waals surface area contributed by atoms with Gasteiger partial charge in [0.15, 0.2) is 11.2 Å². The number of carbonyl (C=O) groups excluding carboxylic acids is 1. The summed E-state index contributed by atoms with van der Waals surface area (Å²) < 4.78 is 42.8. The Hall–Kier alpha value is -3.36. The Balaban J connectivity index is 1.55. The molecule has 0 unspecified atom stereocenters. The fraction of sp³-hybridized carbons (Fsp3) is 0.167. The smallest absolute Gasteiger partial charge is 0.417 e. The van der Waals surface area contributed by atoms with Crippen LogP contribution in [0.1, 0.15) is 16.1 Å². The van der Waals surface area contributed by atoms with Gasteiger partial charge >= 0.3 is 6.18 Å². The molecule has 140 valence electrons. The first-order chi connectivity index (χ1) is 12.8. The Morgan fingerprint density at radius 1 is 1.11 bits per heavy atom. The zero-order valence-corrected chi connectivity index (χ0v) is 13.8. The number of aromatic nitrogens is 1. The molecule has 0 saturated carbocycles. The van der Waals surface area contributed by atoms with Crippen molar-refractivity contribution in [2.24, 2.45) is 0 Å². The van der Waals surface area contributed by atoms with Crippen molar-refractivity contribution in [2.75, 3.05) is 18.4 Å². The number of hydrogen-bond donors (Lipinski definition) is 2. The predicted octanol–water partition coefficient (Wildman–Crippen LogP) is 3.05. The van der Waals surface area contributed by atoms with Gasteiger partial charge in [0.1, 0.15) is 11.4 Å². The van der Waals surface area contributed by atoms with E-state index in [1.165, 1.54) is 6.07 Å². The van der Waals surface area contributed by atoms with Gasteiger partial charge in [-0.3, -0.25) is 9.59 Å². The first-order valence-corrected chi connectivity index (χ1v) is 7.93. The van der Waals surface area contributed by atoms with E-state index >= 15 is 0 Å². The molecule has 0 fully saturated rings. The molecule has 3 aromatic rings. The SMILES string of the molecule is O=C(NCCNc1ccc(C(F)(F)F)cn1)c1cc(=O)c2ccccc2o1. The molecule has 0 spiro atoms. The minimum Gasteiger partial charge on any atom is -0.451 e. The number of rotatable bonds is 5. The Kier molecular flexibility index (Phi) is 5.11. The van der Waals surface area contributed by atoms with Crippen LogP contribution in [0.15, 0.2) is 57.9 Å². The average molecular weight is 377 g/mol. The largest absolute Gasteiger partial charge is 0.451 e.